The molecule has 1 fully saturated rings. The Hall–Kier alpha value is -1.24. The number of aromatic nitrogens is 2. The highest BCUT2D eigenvalue weighted by Gasteiger charge is 2.18. The van der Waals surface area contributed by atoms with Crippen molar-refractivity contribution in [2.45, 2.75) is 19.4 Å². The summed E-state index contributed by atoms with van der Waals surface area (Å²) in [6.45, 7) is 3.57. The van der Waals surface area contributed by atoms with Crippen LogP contribution in [-0.2, 0) is 6.54 Å². The third kappa shape index (κ3) is 2.70. The van der Waals surface area contributed by atoms with Crippen molar-refractivity contribution in [1.82, 2.24) is 14.9 Å². The van der Waals surface area contributed by atoms with Crippen molar-refractivity contribution < 1.29 is 0 Å². The minimum absolute atomic E-state index is 0.0214. The molecule has 3 heterocycles. The molecule has 0 aliphatic carbocycles. The summed E-state index contributed by atoms with van der Waals surface area (Å²) in [4.78, 5) is 21.6. The Morgan fingerprint density at radius 1 is 1.47 bits per heavy atom. The molecule has 1 aliphatic heterocycles. The smallest absolute Gasteiger partial charge is 0.268 e. The van der Waals surface area contributed by atoms with Gasteiger partial charge in [0, 0.05) is 0 Å². The van der Waals surface area contributed by atoms with Crippen molar-refractivity contribution in [3.8, 4) is 0 Å². The van der Waals surface area contributed by atoms with Crippen LogP contribution < -0.4 is 11.3 Å². The molecule has 2 aromatic rings. The molecule has 6 heteroatoms. The van der Waals surface area contributed by atoms with Crippen molar-refractivity contribution in [2.75, 3.05) is 19.6 Å². The minimum atomic E-state index is -0.0214. The molecule has 1 saturated heterocycles. The lowest BCUT2D eigenvalue weighted by Gasteiger charge is -2.30. The predicted octanol–water partition coefficient (Wildman–Crippen LogP) is 1.16. The molecule has 0 spiro atoms. The number of hydrogen-bond donors (Lipinski definition) is 2. The highest BCUT2D eigenvalue weighted by molar-refractivity contribution is 7.17. The molecule has 0 aromatic carbocycles. The van der Waals surface area contributed by atoms with Crippen molar-refractivity contribution in [2.24, 2.45) is 11.7 Å². The van der Waals surface area contributed by atoms with E-state index in [1.807, 2.05) is 11.4 Å². The zero-order valence-electron chi connectivity index (χ0n) is 10.8. The average Bonchev–Trinajstić information content (AvgIpc) is 2.88. The summed E-state index contributed by atoms with van der Waals surface area (Å²) in [5.74, 6) is 1.42. The third-order valence-electron chi connectivity index (χ3n) is 3.78. The summed E-state index contributed by atoms with van der Waals surface area (Å²) in [6, 6.07) is 1.90. The molecule has 0 bridgehead atoms. The van der Waals surface area contributed by atoms with Crippen molar-refractivity contribution in [3.63, 3.8) is 0 Å². The predicted molar refractivity (Wildman–Crippen MR) is 77.3 cm³/mol. The zero-order chi connectivity index (χ0) is 13.2. The van der Waals surface area contributed by atoms with E-state index in [-0.39, 0.29) is 5.56 Å². The summed E-state index contributed by atoms with van der Waals surface area (Å²) < 4.78 is 0.714. The first-order chi connectivity index (χ1) is 9.26. The maximum absolute atomic E-state index is 11.9. The second kappa shape index (κ2) is 5.40. The molecule has 3 rings (SSSR count). The summed E-state index contributed by atoms with van der Waals surface area (Å²) in [7, 11) is 0. The van der Waals surface area contributed by atoms with Crippen LogP contribution in [0.15, 0.2) is 16.2 Å². The molecule has 102 valence electrons. The van der Waals surface area contributed by atoms with E-state index in [0.717, 1.165) is 50.4 Å². The van der Waals surface area contributed by atoms with E-state index in [1.54, 1.807) is 0 Å². The number of nitrogens with two attached hydrogens (primary N) is 1. The number of nitrogens with zero attached hydrogens (tertiary/aromatic N) is 2. The standard InChI is InChI=1S/C13H18N4OS/c14-7-9-1-4-17(5-2-9)8-11-15-10-3-6-19-12(10)13(18)16-11/h3,6,9H,1-2,4-5,7-8,14H2,(H,15,16,18). The lowest BCUT2D eigenvalue weighted by molar-refractivity contribution is 0.177. The largest absolute Gasteiger partial charge is 0.330 e. The van der Waals surface area contributed by atoms with Gasteiger partial charge in [-0.25, -0.2) is 4.98 Å². The SMILES string of the molecule is NCC1CCN(Cc2nc3ccsc3c(=O)[nH]2)CC1. The molecule has 2 aromatic heterocycles. The lowest BCUT2D eigenvalue weighted by atomic mass is 9.97. The second-order valence-electron chi connectivity index (χ2n) is 5.10. The number of fused-ring (bicyclic) bond motifs is 1. The number of nitrogens with one attached hydrogen (secondary N) is 1. The van der Waals surface area contributed by atoms with E-state index in [2.05, 4.69) is 14.9 Å². The Kier molecular flexibility index (Phi) is 3.63. The van der Waals surface area contributed by atoms with E-state index in [4.69, 9.17) is 5.73 Å². The topological polar surface area (TPSA) is 75.0 Å². The van der Waals surface area contributed by atoms with Gasteiger partial charge < -0.3 is 10.7 Å². The van der Waals surface area contributed by atoms with Gasteiger partial charge in [-0.2, -0.15) is 0 Å². The highest BCUT2D eigenvalue weighted by atomic mass is 32.1. The maximum Gasteiger partial charge on any atom is 0.268 e. The first-order valence-electron chi connectivity index (χ1n) is 6.65. The number of rotatable bonds is 3. The summed E-state index contributed by atoms with van der Waals surface area (Å²) >= 11 is 1.44. The maximum atomic E-state index is 11.9. The summed E-state index contributed by atoms with van der Waals surface area (Å²) in [5.41, 5.74) is 6.48. The summed E-state index contributed by atoms with van der Waals surface area (Å²) in [5, 5.41) is 1.91. The van der Waals surface area contributed by atoms with E-state index in [0.29, 0.717) is 10.6 Å². The number of aromatic amines is 1. The van der Waals surface area contributed by atoms with Gasteiger partial charge >= 0.3 is 0 Å². The fourth-order valence-corrected chi connectivity index (χ4v) is 3.31. The van der Waals surface area contributed by atoms with Crippen LogP contribution >= 0.6 is 11.3 Å². The lowest BCUT2D eigenvalue weighted by Crippen LogP contribution is -2.36. The van der Waals surface area contributed by atoms with Crippen LogP contribution in [0.25, 0.3) is 10.2 Å². The number of thiophene rings is 1. The minimum Gasteiger partial charge on any atom is -0.330 e. The van der Waals surface area contributed by atoms with Crippen LogP contribution in [0.3, 0.4) is 0 Å². The molecule has 0 radical (unpaired) electrons. The molecular formula is C13H18N4OS. The van der Waals surface area contributed by atoms with Gasteiger partial charge in [-0.05, 0) is 49.8 Å². The fraction of sp³-hybridized carbons (Fsp3) is 0.538. The first kappa shape index (κ1) is 12.8. The third-order valence-corrected chi connectivity index (χ3v) is 4.68. The zero-order valence-corrected chi connectivity index (χ0v) is 11.6. The van der Waals surface area contributed by atoms with Crippen LogP contribution in [0.2, 0.25) is 0 Å². The van der Waals surface area contributed by atoms with Gasteiger partial charge in [0.15, 0.2) is 0 Å². The number of hydrogen-bond acceptors (Lipinski definition) is 5. The molecule has 3 N–H and O–H groups in total. The van der Waals surface area contributed by atoms with E-state index in [9.17, 15) is 4.79 Å². The molecular weight excluding hydrogens is 260 g/mol. The van der Waals surface area contributed by atoms with Gasteiger partial charge in [0.2, 0.25) is 0 Å². The quantitative estimate of drug-likeness (QED) is 0.883. The Morgan fingerprint density at radius 3 is 3.00 bits per heavy atom. The van der Waals surface area contributed by atoms with Gasteiger partial charge in [-0.15, -0.1) is 11.3 Å². The molecule has 0 saturated carbocycles. The van der Waals surface area contributed by atoms with E-state index in [1.165, 1.54) is 11.3 Å². The van der Waals surface area contributed by atoms with Gasteiger partial charge in [-0.3, -0.25) is 9.69 Å². The molecule has 0 atom stereocenters. The van der Waals surface area contributed by atoms with Gasteiger partial charge in [0.25, 0.3) is 5.56 Å². The fourth-order valence-electron chi connectivity index (χ4n) is 2.59. The second-order valence-corrected chi connectivity index (χ2v) is 6.02. The van der Waals surface area contributed by atoms with Crippen molar-refractivity contribution in [3.05, 3.63) is 27.6 Å². The van der Waals surface area contributed by atoms with Crippen molar-refractivity contribution >= 4 is 21.6 Å². The van der Waals surface area contributed by atoms with Crippen LogP contribution in [0.5, 0.6) is 0 Å². The van der Waals surface area contributed by atoms with E-state index < -0.39 is 0 Å². The Balaban J connectivity index is 1.73. The molecule has 5 nitrogen and oxygen atoms in total. The molecule has 1 aliphatic rings. The van der Waals surface area contributed by atoms with Crippen LogP contribution in [-0.4, -0.2) is 34.5 Å². The van der Waals surface area contributed by atoms with Gasteiger partial charge in [-0.1, -0.05) is 0 Å². The van der Waals surface area contributed by atoms with Gasteiger partial charge in [0.05, 0.1) is 12.1 Å². The Morgan fingerprint density at radius 2 is 2.26 bits per heavy atom. The van der Waals surface area contributed by atoms with E-state index >= 15 is 0 Å². The van der Waals surface area contributed by atoms with Crippen LogP contribution in [0.4, 0.5) is 0 Å². The van der Waals surface area contributed by atoms with Crippen LogP contribution in [0.1, 0.15) is 18.7 Å². The molecule has 0 amide bonds. The Bertz CT molecular complexity index is 612. The van der Waals surface area contributed by atoms with Crippen LogP contribution in [0, 0.1) is 5.92 Å². The average molecular weight is 278 g/mol. The first-order valence-corrected chi connectivity index (χ1v) is 7.53. The summed E-state index contributed by atoms with van der Waals surface area (Å²) in [6.07, 6.45) is 2.28. The van der Waals surface area contributed by atoms with Crippen molar-refractivity contribution in [1.29, 1.82) is 0 Å². The molecule has 0 unspecified atom stereocenters. The normalized spacial score (nSPS) is 18.2. The highest BCUT2D eigenvalue weighted by Crippen LogP contribution is 2.18. The monoisotopic (exact) mass is 278 g/mol. The number of likely N-dealkylation sites (tertiary alicyclic amines) is 1. The van der Waals surface area contributed by atoms with Gasteiger partial charge in [0.1, 0.15) is 10.5 Å². The molecule has 19 heavy (non-hydrogen) atoms. The number of piperidine rings is 1. The number of H-pyrrole nitrogens is 1. The Labute approximate surface area is 115 Å².